The van der Waals surface area contributed by atoms with E-state index in [0.29, 0.717) is 17.9 Å². The summed E-state index contributed by atoms with van der Waals surface area (Å²) in [7, 11) is 3.01. The SMILES string of the molecule is CON(C)C(=O)c1ccccc1OCc1cccc(Br)c1. The van der Waals surface area contributed by atoms with Crippen LogP contribution in [0.1, 0.15) is 15.9 Å². The Morgan fingerprint density at radius 3 is 2.67 bits per heavy atom. The lowest BCUT2D eigenvalue weighted by atomic mass is 10.2. The van der Waals surface area contributed by atoms with E-state index in [2.05, 4.69) is 15.9 Å². The van der Waals surface area contributed by atoms with Gasteiger partial charge in [-0.05, 0) is 29.8 Å². The molecule has 2 aromatic carbocycles. The average Bonchev–Trinajstić information content (AvgIpc) is 2.52. The summed E-state index contributed by atoms with van der Waals surface area (Å²) < 4.78 is 6.76. The zero-order valence-corrected chi connectivity index (χ0v) is 13.5. The fraction of sp³-hybridized carbons (Fsp3) is 0.188. The Labute approximate surface area is 132 Å². The molecule has 0 aliphatic carbocycles. The molecule has 0 fully saturated rings. The van der Waals surface area contributed by atoms with Crippen LogP contribution in [0.15, 0.2) is 53.0 Å². The van der Waals surface area contributed by atoms with Crippen molar-refractivity contribution in [2.75, 3.05) is 14.2 Å². The van der Waals surface area contributed by atoms with Crippen molar-refractivity contribution in [1.82, 2.24) is 5.06 Å². The van der Waals surface area contributed by atoms with E-state index in [-0.39, 0.29) is 5.91 Å². The molecule has 110 valence electrons. The van der Waals surface area contributed by atoms with E-state index in [0.717, 1.165) is 10.0 Å². The zero-order valence-electron chi connectivity index (χ0n) is 11.9. The monoisotopic (exact) mass is 349 g/mol. The third kappa shape index (κ3) is 4.06. The molecule has 0 aliphatic rings. The van der Waals surface area contributed by atoms with Crippen molar-refractivity contribution in [2.45, 2.75) is 6.61 Å². The number of amides is 1. The lowest BCUT2D eigenvalue weighted by Gasteiger charge is -2.16. The van der Waals surface area contributed by atoms with Crippen LogP contribution in [-0.4, -0.2) is 25.1 Å². The number of hydroxylamine groups is 2. The first-order valence-corrected chi connectivity index (χ1v) is 7.19. The van der Waals surface area contributed by atoms with Gasteiger partial charge in [-0.15, -0.1) is 0 Å². The number of benzene rings is 2. The molecule has 1 amide bonds. The maximum Gasteiger partial charge on any atom is 0.280 e. The largest absolute Gasteiger partial charge is 0.488 e. The highest BCUT2D eigenvalue weighted by Gasteiger charge is 2.16. The molecular weight excluding hydrogens is 334 g/mol. The maximum absolute atomic E-state index is 12.2. The highest BCUT2D eigenvalue weighted by molar-refractivity contribution is 9.10. The molecule has 5 heteroatoms. The second-order valence-corrected chi connectivity index (χ2v) is 5.32. The quantitative estimate of drug-likeness (QED) is 0.773. The number of para-hydroxylation sites is 1. The van der Waals surface area contributed by atoms with Gasteiger partial charge >= 0.3 is 0 Å². The van der Waals surface area contributed by atoms with Crippen LogP contribution in [0.2, 0.25) is 0 Å². The number of nitrogens with zero attached hydrogens (tertiary/aromatic N) is 1. The van der Waals surface area contributed by atoms with Gasteiger partial charge in [0.05, 0.1) is 12.7 Å². The summed E-state index contributed by atoms with van der Waals surface area (Å²) in [6.07, 6.45) is 0. The predicted octanol–water partition coefficient (Wildman–Crippen LogP) is 3.66. The van der Waals surface area contributed by atoms with Gasteiger partial charge < -0.3 is 4.74 Å². The Morgan fingerprint density at radius 2 is 1.95 bits per heavy atom. The van der Waals surface area contributed by atoms with Gasteiger partial charge in [0.1, 0.15) is 12.4 Å². The van der Waals surface area contributed by atoms with E-state index in [1.54, 1.807) is 25.2 Å². The van der Waals surface area contributed by atoms with Crippen LogP contribution < -0.4 is 4.74 Å². The van der Waals surface area contributed by atoms with Crippen molar-refractivity contribution in [3.8, 4) is 5.75 Å². The minimum absolute atomic E-state index is 0.248. The van der Waals surface area contributed by atoms with Gasteiger partial charge in [-0.2, -0.15) is 0 Å². The molecule has 4 nitrogen and oxygen atoms in total. The standard InChI is InChI=1S/C16H16BrNO3/c1-18(20-2)16(19)14-8-3-4-9-15(14)21-11-12-6-5-7-13(17)10-12/h3-10H,11H2,1-2H3. The summed E-state index contributed by atoms with van der Waals surface area (Å²) in [4.78, 5) is 17.1. The highest BCUT2D eigenvalue weighted by Crippen LogP contribution is 2.21. The molecule has 0 aliphatic heterocycles. The predicted molar refractivity (Wildman–Crippen MR) is 84.0 cm³/mol. The molecule has 0 bridgehead atoms. The van der Waals surface area contributed by atoms with Crippen LogP contribution in [0, 0.1) is 0 Å². The Kier molecular flexibility index (Phi) is 5.36. The molecule has 0 heterocycles. The van der Waals surface area contributed by atoms with Crippen LogP contribution in [0.3, 0.4) is 0 Å². The Hall–Kier alpha value is -1.85. The van der Waals surface area contributed by atoms with Gasteiger partial charge in [-0.1, -0.05) is 40.2 Å². The normalized spacial score (nSPS) is 10.2. The molecule has 0 unspecified atom stereocenters. The number of carbonyl (C=O) groups is 1. The van der Waals surface area contributed by atoms with Crippen molar-refractivity contribution in [1.29, 1.82) is 0 Å². The van der Waals surface area contributed by atoms with Gasteiger partial charge in [0.15, 0.2) is 0 Å². The summed E-state index contributed by atoms with van der Waals surface area (Å²) in [6, 6.07) is 15.0. The molecule has 0 spiro atoms. The number of carbonyl (C=O) groups excluding carboxylic acids is 1. The lowest BCUT2D eigenvalue weighted by Crippen LogP contribution is -2.25. The summed E-state index contributed by atoms with van der Waals surface area (Å²) >= 11 is 3.42. The molecule has 0 radical (unpaired) electrons. The van der Waals surface area contributed by atoms with E-state index in [9.17, 15) is 4.79 Å². The fourth-order valence-corrected chi connectivity index (χ4v) is 2.26. The van der Waals surface area contributed by atoms with Crippen LogP contribution in [0.25, 0.3) is 0 Å². The van der Waals surface area contributed by atoms with E-state index in [1.807, 2.05) is 30.3 Å². The minimum Gasteiger partial charge on any atom is -0.488 e. The summed E-state index contributed by atoms with van der Waals surface area (Å²) in [6.45, 7) is 0.389. The average molecular weight is 350 g/mol. The number of halogens is 1. The van der Waals surface area contributed by atoms with Crippen molar-refractivity contribution in [3.05, 3.63) is 64.1 Å². The molecule has 0 N–H and O–H groups in total. The van der Waals surface area contributed by atoms with Gasteiger partial charge in [-0.25, -0.2) is 5.06 Å². The third-order valence-corrected chi connectivity index (χ3v) is 3.45. The smallest absolute Gasteiger partial charge is 0.280 e. The van der Waals surface area contributed by atoms with Crippen LogP contribution >= 0.6 is 15.9 Å². The number of ether oxygens (including phenoxy) is 1. The third-order valence-electron chi connectivity index (χ3n) is 2.96. The number of hydrogen-bond acceptors (Lipinski definition) is 3. The summed E-state index contributed by atoms with van der Waals surface area (Å²) in [5, 5.41) is 1.17. The lowest BCUT2D eigenvalue weighted by molar-refractivity contribution is -0.0758. The molecule has 0 saturated heterocycles. The number of rotatable bonds is 5. The van der Waals surface area contributed by atoms with E-state index in [4.69, 9.17) is 9.57 Å². The maximum atomic E-state index is 12.2. The molecule has 2 aromatic rings. The first kappa shape index (κ1) is 15.5. The molecule has 0 aromatic heterocycles. The van der Waals surface area contributed by atoms with Gasteiger partial charge in [0, 0.05) is 11.5 Å². The first-order valence-electron chi connectivity index (χ1n) is 6.40. The highest BCUT2D eigenvalue weighted by atomic mass is 79.9. The molecule has 2 rings (SSSR count). The van der Waals surface area contributed by atoms with E-state index >= 15 is 0 Å². The second kappa shape index (κ2) is 7.24. The first-order chi connectivity index (χ1) is 10.1. The molecular formula is C16H16BrNO3. The zero-order chi connectivity index (χ0) is 15.2. The van der Waals surface area contributed by atoms with Crippen molar-refractivity contribution < 1.29 is 14.4 Å². The van der Waals surface area contributed by atoms with Gasteiger partial charge in [-0.3, -0.25) is 9.63 Å². The van der Waals surface area contributed by atoms with Crippen LogP contribution in [0.5, 0.6) is 5.75 Å². The van der Waals surface area contributed by atoms with Crippen molar-refractivity contribution in [3.63, 3.8) is 0 Å². The Bertz CT molecular complexity index is 630. The van der Waals surface area contributed by atoms with E-state index in [1.165, 1.54) is 12.2 Å². The van der Waals surface area contributed by atoms with Crippen molar-refractivity contribution >= 4 is 21.8 Å². The molecule has 0 saturated carbocycles. The molecule has 21 heavy (non-hydrogen) atoms. The topological polar surface area (TPSA) is 38.8 Å². The summed E-state index contributed by atoms with van der Waals surface area (Å²) in [5.74, 6) is 0.286. The van der Waals surface area contributed by atoms with Crippen LogP contribution in [0.4, 0.5) is 0 Å². The number of hydrogen-bond donors (Lipinski definition) is 0. The van der Waals surface area contributed by atoms with Crippen molar-refractivity contribution in [2.24, 2.45) is 0 Å². The summed E-state index contributed by atoms with van der Waals surface area (Å²) in [5.41, 5.74) is 1.49. The van der Waals surface area contributed by atoms with Gasteiger partial charge in [0.2, 0.25) is 0 Å². The minimum atomic E-state index is -0.248. The van der Waals surface area contributed by atoms with Gasteiger partial charge in [0.25, 0.3) is 5.91 Å². The fourth-order valence-electron chi connectivity index (χ4n) is 1.81. The Balaban J connectivity index is 2.15. The van der Waals surface area contributed by atoms with Crippen LogP contribution in [-0.2, 0) is 11.4 Å². The Morgan fingerprint density at radius 1 is 1.19 bits per heavy atom. The second-order valence-electron chi connectivity index (χ2n) is 4.40. The van der Waals surface area contributed by atoms with E-state index < -0.39 is 0 Å². The molecule has 0 atom stereocenters.